The third-order valence-electron chi connectivity index (χ3n) is 3.94. The highest BCUT2D eigenvalue weighted by Crippen LogP contribution is 2.29. The van der Waals surface area contributed by atoms with E-state index in [2.05, 4.69) is 52.7 Å². The van der Waals surface area contributed by atoms with Gasteiger partial charge in [0.2, 0.25) is 0 Å². The Kier molecular flexibility index (Phi) is 3.63. The minimum Gasteiger partial charge on any atom is -0.379 e. The Morgan fingerprint density at radius 1 is 1.20 bits per heavy atom. The number of para-hydroxylation sites is 2. The minimum absolute atomic E-state index is 0.824. The molecule has 1 aromatic heterocycles. The molecule has 0 radical (unpaired) electrons. The van der Waals surface area contributed by atoms with Crippen molar-refractivity contribution < 1.29 is 0 Å². The first-order valence-corrected chi connectivity index (χ1v) is 7.31. The second-order valence-corrected chi connectivity index (χ2v) is 5.48. The first-order chi connectivity index (χ1) is 9.74. The zero-order valence-corrected chi connectivity index (χ0v) is 12.3. The van der Waals surface area contributed by atoms with Crippen LogP contribution in [-0.2, 0) is 13.6 Å². The molecule has 20 heavy (non-hydrogen) atoms. The van der Waals surface area contributed by atoms with Crippen molar-refractivity contribution in [1.82, 2.24) is 9.78 Å². The molecular formula is C16H22N4. The van der Waals surface area contributed by atoms with Crippen molar-refractivity contribution in [2.75, 3.05) is 23.3 Å². The molecule has 106 valence electrons. The van der Waals surface area contributed by atoms with Crippen molar-refractivity contribution in [2.24, 2.45) is 7.05 Å². The summed E-state index contributed by atoms with van der Waals surface area (Å²) in [4.78, 5) is 2.47. The van der Waals surface area contributed by atoms with Gasteiger partial charge in [0.1, 0.15) is 0 Å². The van der Waals surface area contributed by atoms with E-state index >= 15 is 0 Å². The Bertz CT molecular complexity index is 582. The Balaban J connectivity index is 1.75. The van der Waals surface area contributed by atoms with Gasteiger partial charge in [-0.2, -0.15) is 5.10 Å². The van der Waals surface area contributed by atoms with Crippen LogP contribution in [0.25, 0.3) is 0 Å². The molecule has 0 saturated carbocycles. The van der Waals surface area contributed by atoms with Crippen molar-refractivity contribution >= 4 is 11.4 Å². The Morgan fingerprint density at radius 3 is 2.65 bits per heavy atom. The summed E-state index contributed by atoms with van der Waals surface area (Å²) < 4.78 is 1.87. The standard InChI is InChI=1S/C16H22N4/c1-13-14(12-19(2)18-13)11-17-15-7-3-4-8-16(15)20-9-5-6-10-20/h3-4,7-8,12,17H,5-6,9-11H2,1-2H3. The largest absolute Gasteiger partial charge is 0.379 e. The summed E-state index contributed by atoms with van der Waals surface area (Å²) in [6.07, 6.45) is 4.69. The topological polar surface area (TPSA) is 33.1 Å². The lowest BCUT2D eigenvalue weighted by atomic mass is 10.2. The van der Waals surface area contributed by atoms with Gasteiger partial charge in [-0.1, -0.05) is 12.1 Å². The van der Waals surface area contributed by atoms with Crippen molar-refractivity contribution in [2.45, 2.75) is 26.3 Å². The van der Waals surface area contributed by atoms with Crippen molar-refractivity contribution in [3.63, 3.8) is 0 Å². The number of benzene rings is 1. The predicted octanol–water partition coefficient (Wildman–Crippen LogP) is 2.94. The molecule has 3 rings (SSSR count). The molecule has 2 aromatic rings. The van der Waals surface area contributed by atoms with E-state index in [-0.39, 0.29) is 0 Å². The fourth-order valence-corrected chi connectivity index (χ4v) is 2.87. The number of anilines is 2. The van der Waals surface area contributed by atoms with Crippen LogP contribution in [0.4, 0.5) is 11.4 Å². The molecule has 1 aromatic carbocycles. The van der Waals surface area contributed by atoms with Crippen LogP contribution in [0.5, 0.6) is 0 Å². The van der Waals surface area contributed by atoms with Gasteiger partial charge in [-0.25, -0.2) is 0 Å². The van der Waals surface area contributed by atoms with E-state index in [1.54, 1.807) is 0 Å². The zero-order chi connectivity index (χ0) is 13.9. The van der Waals surface area contributed by atoms with E-state index < -0.39 is 0 Å². The molecule has 4 nitrogen and oxygen atoms in total. The Morgan fingerprint density at radius 2 is 1.95 bits per heavy atom. The molecule has 1 aliphatic rings. The quantitative estimate of drug-likeness (QED) is 0.927. The van der Waals surface area contributed by atoms with E-state index in [1.165, 1.54) is 42.9 Å². The zero-order valence-electron chi connectivity index (χ0n) is 12.3. The lowest BCUT2D eigenvalue weighted by molar-refractivity contribution is 0.756. The molecule has 2 heterocycles. The highest BCUT2D eigenvalue weighted by Gasteiger charge is 2.15. The number of rotatable bonds is 4. The summed E-state index contributed by atoms with van der Waals surface area (Å²) in [6, 6.07) is 8.59. The molecule has 0 spiro atoms. The Labute approximate surface area is 120 Å². The maximum atomic E-state index is 4.39. The molecule has 0 amide bonds. The van der Waals surface area contributed by atoms with E-state index in [4.69, 9.17) is 0 Å². The smallest absolute Gasteiger partial charge is 0.0643 e. The highest BCUT2D eigenvalue weighted by molar-refractivity contribution is 5.70. The number of nitrogens with one attached hydrogen (secondary N) is 1. The van der Waals surface area contributed by atoms with E-state index in [0.29, 0.717) is 0 Å². The fourth-order valence-electron chi connectivity index (χ4n) is 2.87. The summed E-state index contributed by atoms with van der Waals surface area (Å²) in [5, 5.41) is 7.96. The van der Waals surface area contributed by atoms with Gasteiger partial charge in [-0.05, 0) is 31.9 Å². The van der Waals surface area contributed by atoms with Crippen LogP contribution in [0.3, 0.4) is 0 Å². The van der Waals surface area contributed by atoms with Crippen molar-refractivity contribution in [1.29, 1.82) is 0 Å². The first-order valence-electron chi connectivity index (χ1n) is 7.31. The van der Waals surface area contributed by atoms with Gasteiger partial charge in [-0.3, -0.25) is 4.68 Å². The number of hydrogen-bond donors (Lipinski definition) is 1. The molecule has 1 aliphatic heterocycles. The molecular weight excluding hydrogens is 248 g/mol. The third-order valence-corrected chi connectivity index (χ3v) is 3.94. The molecule has 4 heteroatoms. The molecule has 0 unspecified atom stereocenters. The number of hydrogen-bond acceptors (Lipinski definition) is 3. The van der Waals surface area contributed by atoms with Crippen molar-refractivity contribution in [3.8, 4) is 0 Å². The molecule has 0 atom stereocenters. The molecule has 1 saturated heterocycles. The maximum Gasteiger partial charge on any atom is 0.0643 e. The fraction of sp³-hybridized carbons (Fsp3) is 0.438. The second kappa shape index (κ2) is 5.57. The molecule has 1 N–H and O–H groups in total. The van der Waals surface area contributed by atoms with Gasteiger partial charge in [-0.15, -0.1) is 0 Å². The average Bonchev–Trinajstić information content (AvgIpc) is 3.07. The van der Waals surface area contributed by atoms with E-state index in [0.717, 1.165) is 12.2 Å². The number of aryl methyl sites for hydroxylation is 2. The summed E-state index contributed by atoms with van der Waals surface area (Å²) in [5.74, 6) is 0. The van der Waals surface area contributed by atoms with Crippen LogP contribution < -0.4 is 10.2 Å². The second-order valence-electron chi connectivity index (χ2n) is 5.48. The monoisotopic (exact) mass is 270 g/mol. The number of aromatic nitrogens is 2. The van der Waals surface area contributed by atoms with Crippen molar-refractivity contribution in [3.05, 3.63) is 41.7 Å². The lowest BCUT2D eigenvalue weighted by Crippen LogP contribution is -2.19. The third kappa shape index (κ3) is 2.64. The minimum atomic E-state index is 0.824. The van der Waals surface area contributed by atoms with E-state index in [1.807, 2.05) is 11.7 Å². The van der Waals surface area contributed by atoms with Gasteiger partial charge >= 0.3 is 0 Å². The highest BCUT2D eigenvalue weighted by atomic mass is 15.3. The van der Waals surface area contributed by atoms with Crippen LogP contribution in [-0.4, -0.2) is 22.9 Å². The normalized spacial score (nSPS) is 14.8. The summed E-state index contributed by atoms with van der Waals surface area (Å²) >= 11 is 0. The van der Waals surface area contributed by atoms with Gasteiger partial charge in [0.15, 0.2) is 0 Å². The van der Waals surface area contributed by atoms with Gasteiger partial charge in [0, 0.05) is 38.4 Å². The maximum absolute atomic E-state index is 4.39. The average molecular weight is 270 g/mol. The van der Waals surface area contributed by atoms with Crippen LogP contribution in [0.2, 0.25) is 0 Å². The van der Waals surface area contributed by atoms with Gasteiger partial charge in [0.25, 0.3) is 0 Å². The van der Waals surface area contributed by atoms with Crippen LogP contribution in [0.15, 0.2) is 30.5 Å². The van der Waals surface area contributed by atoms with Gasteiger partial charge < -0.3 is 10.2 Å². The molecule has 1 fully saturated rings. The lowest BCUT2D eigenvalue weighted by Gasteiger charge is -2.21. The SMILES string of the molecule is Cc1nn(C)cc1CNc1ccccc1N1CCCC1. The molecule has 0 bridgehead atoms. The van der Waals surface area contributed by atoms with Gasteiger partial charge in [0.05, 0.1) is 17.1 Å². The van der Waals surface area contributed by atoms with Crippen LogP contribution in [0.1, 0.15) is 24.1 Å². The Hall–Kier alpha value is -1.97. The first kappa shape index (κ1) is 13.0. The molecule has 0 aliphatic carbocycles. The van der Waals surface area contributed by atoms with Crippen LogP contribution in [0, 0.1) is 6.92 Å². The number of nitrogens with zero attached hydrogens (tertiary/aromatic N) is 3. The summed E-state index contributed by atoms with van der Waals surface area (Å²) in [7, 11) is 1.97. The summed E-state index contributed by atoms with van der Waals surface area (Å²) in [6.45, 7) is 5.23. The predicted molar refractivity (Wildman–Crippen MR) is 83.2 cm³/mol. The summed E-state index contributed by atoms with van der Waals surface area (Å²) in [5.41, 5.74) is 4.89. The van der Waals surface area contributed by atoms with E-state index in [9.17, 15) is 0 Å². The van der Waals surface area contributed by atoms with Crippen LogP contribution >= 0.6 is 0 Å².